The molecule has 2 aromatic rings. The second-order valence-corrected chi connectivity index (χ2v) is 3.19. The summed E-state index contributed by atoms with van der Waals surface area (Å²) in [4.78, 5) is 13.0. The van der Waals surface area contributed by atoms with Crippen LogP contribution in [0, 0.1) is 0 Å². The van der Waals surface area contributed by atoms with Crippen molar-refractivity contribution in [2.75, 3.05) is 0 Å². The number of aromatic nitrogens is 3. The molecule has 0 aliphatic rings. The van der Waals surface area contributed by atoms with Gasteiger partial charge < -0.3 is 0 Å². The molecule has 0 N–H and O–H groups in total. The summed E-state index contributed by atoms with van der Waals surface area (Å²) in [6.07, 6.45) is 5.42. The third kappa shape index (κ3) is 1.45. The summed E-state index contributed by atoms with van der Waals surface area (Å²) in [5.41, 5.74) is 2.10. The van der Waals surface area contributed by atoms with E-state index in [1.54, 1.807) is 6.20 Å². The molecule has 14 heavy (non-hydrogen) atoms. The number of rotatable bonds is 2. The van der Waals surface area contributed by atoms with Gasteiger partial charge in [-0.05, 0) is 12.5 Å². The van der Waals surface area contributed by atoms with Crippen molar-refractivity contribution >= 4 is 10.9 Å². The van der Waals surface area contributed by atoms with Crippen LogP contribution in [0.4, 0.5) is 0 Å². The van der Waals surface area contributed by atoms with E-state index >= 15 is 0 Å². The molecular weight excluding hydrogens is 174 g/mol. The Hall–Kier alpha value is -1.51. The van der Waals surface area contributed by atoms with Crippen LogP contribution in [-0.2, 0) is 12.8 Å². The molecule has 3 heteroatoms. The Morgan fingerprint density at radius 2 is 2.00 bits per heavy atom. The van der Waals surface area contributed by atoms with Crippen LogP contribution < -0.4 is 0 Å². The number of fused-ring (bicyclic) bond motifs is 1. The topological polar surface area (TPSA) is 38.7 Å². The maximum absolute atomic E-state index is 4.49. The van der Waals surface area contributed by atoms with E-state index in [0.29, 0.717) is 0 Å². The first-order valence-electron chi connectivity index (χ1n) is 4.94. The molecule has 0 unspecified atom stereocenters. The highest BCUT2D eigenvalue weighted by Crippen LogP contribution is 2.14. The zero-order valence-corrected chi connectivity index (χ0v) is 8.49. The van der Waals surface area contributed by atoms with Crippen LogP contribution >= 0.6 is 0 Å². The minimum atomic E-state index is 0.880. The average molecular weight is 187 g/mol. The van der Waals surface area contributed by atoms with Crippen molar-refractivity contribution in [1.82, 2.24) is 15.0 Å². The summed E-state index contributed by atoms with van der Waals surface area (Å²) in [6.45, 7) is 4.18. The highest BCUT2D eigenvalue weighted by molar-refractivity contribution is 5.79. The Balaban J connectivity index is 2.73. The molecule has 0 bridgehead atoms. The van der Waals surface area contributed by atoms with Crippen LogP contribution in [0.5, 0.6) is 0 Å². The van der Waals surface area contributed by atoms with Crippen LogP contribution in [0.15, 0.2) is 18.5 Å². The zero-order valence-electron chi connectivity index (χ0n) is 8.49. The first-order chi connectivity index (χ1) is 6.85. The number of pyridine rings is 1. The van der Waals surface area contributed by atoms with E-state index < -0.39 is 0 Å². The lowest BCUT2D eigenvalue weighted by molar-refractivity contribution is 0.911. The Morgan fingerprint density at radius 1 is 1.14 bits per heavy atom. The van der Waals surface area contributed by atoms with Crippen molar-refractivity contribution in [3.05, 3.63) is 30.0 Å². The second kappa shape index (κ2) is 3.70. The van der Waals surface area contributed by atoms with Gasteiger partial charge in [0.1, 0.15) is 5.82 Å². The van der Waals surface area contributed by atoms with E-state index in [2.05, 4.69) is 28.8 Å². The van der Waals surface area contributed by atoms with Crippen molar-refractivity contribution < 1.29 is 0 Å². The summed E-state index contributed by atoms with van der Waals surface area (Å²) in [6, 6.07) is 1.94. The SMILES string of the molecule is CCc1nc(CC)c2cnccc2n1. The molecular formula is C11H13N3. The van der Waals surface area contributed by atoms with E-state index in [1.807, 2.05) is 12.3 Å². The van der Waals surface area contributed by atoms with Crippen LogP contribution in [0.3, 0.4) is 0 Å². The fraction of sp³-hybridized carbons (Fsp3) is 0.364. The van der Waals surface area contributed by atoms with Gasteiger partial charge in [0.15, 0.2) is 0 Å². The van der Waals surface area contributed by atoms with Gasteiger partial charge in [0.05, 0.1) is 11.2 Å². The standard InChI is InChI=1S/C11H13N3/c1-3-9-8-7-12-6-5-10(8)14-11(4-2)13-9/h5-7H,3-4H2,1-2H3. The lowest BCUT2D eigenvalue weighted by Gasteiger charge is -2.04. The van der Waals surface area contributed by atoms with Crippen molar-refractivity contribution in [1.29, 1.82) is 0 Å². The van der Waals surface area contributed by atoms with Gasteiger partial charge in [-0.1, -0.05) is 13.8 Å². The highest BCUT2D eigenvalue weighted by atomic mass is 14.9. The lowest BCUT2D eigenvalue weighted by Crippen LogP contribution is -1.99. The smallest absolute Gasteiger partial charge is 0.129 e. The third-order valence-electron chi connectivity index (χ3n) is 2.27. The van der Waals surface area contributed by atoms with E-state index in [-0.39, 0.29) is 0 Å². The predicted octanol–water partition coefficient (Wildman–Crippen LogP) is 2.15. The first kappa shape index (κ1) is 9.06. The molecule has 0 aromatic carbocycles. The van der Waals surface area contributed by atoms with Crippen LogP contribution in [-0.4, -0.2) is 15.0 Å². The quantitative estimate of drug-likeness (QED) is 0.723. The molecule has 0 aliphatic carbocycles. The van der Waals surface area contributed by atoms with Crippen molar-refractivity contribution in [2.24, 2.45) is 0 Å². The molecule has 3 nitrogen and oxygen atoms in total. The van der Waals surface area contributed by atoms with Gasteiger partial charge in [-0.25, -0.2) is 9.97 Å². The highest BCUT2D eigenvalue weighted by Gasteiger charge is 2.04. The molecule has 72 valence electrons. The van der Waals surface area contributed by atoms with Crippen molar-refractivity contribution in [3.8, 4) is 0 Å². The number of hydrogen-bond acceptors (Lipinski definition) is 3. The van der Waals surface area contributed by atoms with Gasteiger partial charge in [-0.15, -0.1) is 0 Å². The number of hydrogen-bond donors (Lipinski definition) is 0. The van der Waals surface area contributed by atoms with Crippen molar-refractivity contribution in [2.45, 2.75) is 26.7 Å². The molecule has 0 fully saturated rings. The molecule has 2 heterocycles. The van der Waals surface area contributed by atoms with Gasteiger partial charge >= 0.3 is 0 Å². The third-order valence-corrected chi connectivity index (χ3v) is 2.27. The van der Waals surface area contributed by atoms with E-state index in [1.165, 1.54) is 0 Å². The molecule has 0 aliphatic heterocycles. The molecule has 0 saturated heterocycles. The van der Waals surface area contributed by atoms with Crippen LogP contribution in [0.25, 0.3) is 10.9 Å². The molecule has 2 rings (SSSR count). The fourth-order valence-corrected chi connectivity index (χ4v) is 1.51. The normalized spacial score (nSPS) is 10.7. The van der Waals surface area contributed by atoms with Gasteiger partial charge in [0.25, 0.3) is 0 Å². The van der Waals surface area contributed by atoms with Gasteiger partial charge in [-0.2, -0.15) is 0 Å². The van der Waals surface area contributed by atoms with Gasteiger partial charge in [-0.3, -0.25) is 4.98 Å². The summed E-state index contributed by atoms with van der Waals surface area (Å²) in [5, 5.41) is 1.08. The fourth-order valence-electron chi connectivity index (χ4n) is 1.51. The van der Waals surface area contributed by atoms with Gasteiger partial charge in [0, 0.05) is 24.2 Å². The molecule has 0 atom stereocenters. The lowest BCUT2D eigenvalue weighted by atomic mass is 10.2. The Bertz CT molecular complexity index is 451. The largest absolute Gasteiger partial charge is 0.264 e. The molecule has 0 amide bonds. The Morgan fingerprint density at radius 3 is 2.71 bits per heavy atom. The van der Waals surface area contributed by atoms with E-state index in [0.717, 1.165) is 35.3 Å². The summed E-state index contributed by atoms with van der Waals surface area (Å²) in [5.74, 6) is 0.917. The molecule has 2 aromatic heterocycles. The van der Waals surface area contributed by atoms with Gasteiger partial charge in [0.2, 0.25) is 0 Å². The minimum Gasteiger partial charge on any atom is -0.264 e. The molecule has 0 spiro atoms. The van der Waals surface area contributed by atoms with Crippen molar-refractivity contribution in [3.63, 3.8) is 0 Å². The Labute approximate surface area is 83.2 Å². The summed E-state index contributed by atoms with van der Waals surface area (Å²) in [7, 11) is 0. The molecule has 0 saturated carbocycles. The monoisotopic (exact) mass is 187 g/mol. The summed E-state index contributed by atoms with van der Waals surface area (Å²) >= 11 is 0. The number of aryl methyl sites for hydroxylation is 2. The minimum absolute atomic E-state index is 0.880. The van der Waals surface area contributed by atoms with Crippen LogP contribution in [0.2, 0.25) is 0 Å². The zero-order chi connectivity index (χ0) is 9.97. The predicted molar refractivity (Wildman–Crippen MR) is 56.1 cm³/mol. The van der Waals surface area contributed by atoms with E-state index in [4.69, 9.17) is 0 Å². The number of nitrogens with zero attached hydrogens (tertiary/aromatic N) is 3. The van der Waals surface area contributed by atoms with Crippen LogP contribution in [0.1, 0.15) is 25.4 Å². The summed E-state index contributed by atoms with van der Waals surface area (Å²) < 4.78 is 0. The maximum atomic E-state index is 4.49. The first-order valence-corrected chi connectivity index (χ1v) is 4.94. The molecule has 0 radical (unpaired) electrons. The Kier molecular flexibility index (Phi) is 2.39. The average Bonchev–Trinajstić information content (AvgIpc) is 2.27. The van der Waals surface area contributed by atoms with E-state index in [9.17, 15) is 0 Å². The second-order valence-electron chi connectivity index (χ2n) is 3.19. The maximum Gasteiger partial charge on any atom is 0.129 e.